The van der Waals surface area contributed by atoms with Crippen LogP contribution in [0.1, 0.15) is 22.8 Å². The fourth-order valence-electron chi connectivity index (χ4n) is 3.54. The van der Waals surface area contributed by atoms with Gasteiger partial charge in [0.05, 0.1) is 6.42 Å². The molecule has 1 unspecified atom stereocenters. The summed E-state index contributed by atoms with van der Waals surface area (Å²) in [5, 5.41) is 6.91. The van der Waals surface area contributed by atoms with Gasteiger partial charge in [0.1, 0.15) is 5.82 Å². The van der Waals surface area contributed by atoms with Crippen LogP contribution in [0, 0.1) is 6.92 Å². The number of nitrogens with zero attached hydrogens (tertiary/aromatic N) is 3. The van der Waals surface area contributed by atoms with Crippen LogP contribution in [0.5, 0.6) is 0 Å². The van der Waals surface area contributed by atoms with Gasteiger partial charge in [-0.1, -0.05) is 48.5 Å². The van der Waals surface area contributed by atoms with Crippen molar-refractivity contribution in [3.05, 3.63) is 77.4 Å². The third kappa shape index (κ3) is 3.18. The Morgan fingerprint density at radius 3 is 2.68 bits per heavy atom. The lowest BCUT2D eigenvalue weighted by molar-refractivity contribution is -0.118. The van der Waals surface area contributed by atoms with E-state index >= 15 is 0 Å². The molecule has 1 aromatic heterocycles. The number of aryl methyl sites for hydroxylation is 1. The van der Waals surface area contributed by atoms with Crippen molar-refractivity contribution in [3.8, 4) is 0 Å². The fraction of sp³-hybridized carbons (Fsp3) is 0.250. The molecular formula is C20H20N4O. The highest BCUT2D eigenvalue weighted by molar-refractivity contribution is 5.97. The van der Waals surface area contributed by atoms with Crippen molar-refractivity contribution >= 4 is 11.6 Å². The van der Waals surface area contributed by atoms with Crippen molar-refractivity contribution in [1.29, 1.82) is 0 Å². The van der Waals surface area contributed by atoms with Crippen LogP contribution < -0.4 is 4.90 Å². The highest BCUT2D eigenvalue weighted by Gasteiger charge is 2.33. The Morgan fingerprint density at radius 2 is 1.92 bits per heavy atom. The number of H-pyrrole nitrogens is 1. The number of amides is 1. The zero-order valence-electron chi connectivity index (χ0n) is 14.1. The monoisotopic (exact) mass is 332 g/mol. The lowest BCUT2D eigenvalue weighted by Gasteiger charge is -2.25. The van der Waals surface area contributed by atoms with Crippen molar-refractivity contribution in [2.75, 3.05) is 4.90 Å². The SMILES string of the molecule is Cc1nc(CC(=O)N2c3ccccc3CC2Cc2ccccc2)n[nH]1. The summed E-state index contributed by atoms with van der Waals surface area (Å²) >= 11 is 0. The van der Waals surface area contributed by atoms with Gasteiger partial charge in [0.15, 0.2) is 5.82 Å². The van der Waals surface area contributed by atoms with Crippen LogP contribution in [0.3, 0.4) is 0 Å². The summed E-state index contributed by atoms with van der Waals surface area (Å²) in [5.41, 5.74) is 3.48. The number of benzene rings is 2. The molecule has 1 aliphatic rings. The largest absolute Gasteiger partial charge is 0.308 e. The summed E-state index contributed by atoms with van der Waals surface area (Å²) in [4.78, 5) is 19.2. The zero-order valence-corrected chi connectivity index (χ0v) is 14.1. The number of aromatic nitrogens is 3. The molecule has 5 heteroatoms. The molecule has 2 aromatic carbocycles. The van der Waals surface area contributed by atoms with Crippen molar-refractivity contribution in [3.63, 3.8) is 0 Å². The molecule has 1 N–H and O–H groups in total. The summed E-state index contributed by atoms with van der Waals surface area (Å²) in [7, 11) is 0. The first-order valence-electron chi connectivity index (χ1n) is 8.52. The maximum absolute atomic E-state index is 13.0. The van der Waals surface area contributed by atoms with Gasteiger partial charge in [0.25, 0.3) is 0 Å². The average Bonchev–Trinajstić information content (AvgIpc) is 3.18. The second-order valence-electron chi connectivity index (χ2n) is 6.45. The molecule has 4 rings (SSSR count). The summed E-state index contributed by atoms with van der Waals surface area (Å²) in [6, 6.07) is 18.6. The Bertz CT molecular complexity index is 887. The number of carbonyl (C=O) groups excluding carboxylic acids is 1. The van der Waals surface area contributed by atoms with Gasteiger partial charge in [-0.25, -0.2) is 4.98 Å². The van der Waals surface area contributed by atoms with E-state index in [2.05, 4.69) is 33.4 Å². The van der Waals surface area contributed by atoms with E-state index in [1.54, 1.807) is 0 Å². The Morgan fingerprint density at radius 1 is 1.16 bits per heavy atom. The van der Waals surface area contributed by atoms with Gasteiger partial charge < -0.3 is 4.90 Å². The predicted molar refractivity (Wildman–Crippen MR) is 96.4 cm³/mol. The molecule has 5 nitrogen and oxygen atoms in total. The fourth-order valence-corrected chi connectivity index (χ4v) is 3.54. The predicted octanol–water partition coefficient (Wildman–Crippen LogP) is 2.86. The van der Waals surface area contributed by atoms with Crippen LogP contribution in [0.2, 0.25) is 0 Å². The highest BCUT2D eigenvalue weighted by Crippen LogP contribution is 2.34. The Balaban J connectivity index is 1.61. The van der Waals surface area contributed by atoms with Crippen LogP contribution in [-0.4, -0.2) is 27.1 Å². The molecule has 3 aromatic rings. The van der Waals surface area contributed by atoms with Crippen molar-refractivity contribution in [2.24, 2.45) is 0 Å². The van der Waals surface area contributed by atoms with Crippen LogP contribution in [-0.2, 0) is 24.1 Å². The molecule has 1 atom stereocenters. The van der Waals surface area contributed by atoms with Gasteiger partial charge in [-0.05, 0) is 37.0 Å². The Kier molecular flexibility index (Phi) is 4.06. The minimum absolute atomic E-state index is 0.0462. The van der Waals surface area contributed by atoms with Crippen molar-refractivity contribution in [2.45, 2.75) is 32.2 Å². The van der Waals surface area contributed by atoms with E-state index < -0.39 is 0 Å². The standard InChI is InChI=1S/C20H20N4O/c1-14-21-19(23-22-14)13-20(25)24-17(11-15-7-3-2-4-8-15)12-16-9-5-6-10-18(16)24/h2-10,17H,11-13H2,1H3,(H,21,22,23). The second kappa shape index (κ2) is 6.51. The first-order chi connectivity index (χ1) is 12.2. The van der Waals surface area contributed by atoms with E-state index in [0.29, 0.717) is 5.82 Å². The molecule has 0 radical (unpaired) electrons. The number of rotatable bonds is 4. The summed E-state index contributed by atoms with van der Waals surface area (Å²) in [6.45, 7) is 1.84. The summed E-state index contributed by atoms with van der Waals surface area (Å²) in [5.74, 6) is 1.32. The molecule has 2 heterocycles. The topological polar surface area (TPSA) is 61.9 Å². The number of aromatic amines is 1. The lowest BCUT2D eigenvalue weighted by Crippen LogP contribution is -2.40. The minimum atomic E-state index is 0.0462. The molecule has 0 aliphatic carbocycles. The number of carbonyl (C=O) groups is 1. The number of hydrogen-bond donors (Lipinski definition) is 1. The molecule has 126 valence electrons. The lowest BCUT2D eigenvalue weighted by atomic mass is 10.0. The molecule has 0 saturated carbocycles. The van der Waals surface area contributed by atoms with Gasteiger partial charge in [0, 0.05) is 11.7 Å². The maximum atomic E-state index is 13.0. The summed E-state index contributed by atoms with van der Waals surface area (Å²) in [6.07, 6.45) is 1.93. The molecule has 1 aliphatic heterocycles. The molecule has 0 bridgehead atoms. The summed E-state index contributed by atoms with van der Waals surface area (Å²) < 4.78 is 0. The second-order valence-corrected chi connectivity index (χ2v) is 6.45. The van der Waals surface area contributed by atoms with E-state index in [1.807, 2.05) is 48.2 Å². The van der Waals surface area contributed by atoms with Gasteiger partial charge in [-0.15, -0.1) is 0 Å². The van der Waals surface area contributed by atoms with E-state index in [0.717, 1.165) is 24.4 Å². The molecule has 25 heavy (non-hydrogen) atoms. The van der Waals surface area contributed by atoms with Crippen LogP contribution >= 0.6 is 0 Å². The molecule has 1 amide bonds. The van der Waals surface area contributed by atoms with Crippen molar-refractivity contribution < 1.29 is 4.79 Å². The van der Waals surface area contributed by atoms with Gasteiger partial charge in [-0.3, -0.25) is 9.89 Å². The average molecular weight is 332 g/mol. The molecule has 0 spiro atoms. The molecule has 0 saturated heterocycles. The Hall–Kier alpha value is -2.95. The van der Waals surface area contributed by atoms with Gasteiger partial charge in [-0.2, -0.15) is 5.10 Å². The highest BCUT2D eigenvalue weighted by atomic mass is 16.2. The van der Waals surface area contributed by atoms with E-state index in [1.165, 1.54) is 11.1 Å². The third-order valence-corrected chi connectivity index (χ3v) is 4.61. The van der Waals surface area contributed by atoms with Crippen molar-refractivity contribution in [1.82, 2.24) is 15.2 Å². The van der Waals surface area contributed by atoms with Crippen LogP contribution in [0.4, 0.5) is 5.69 Å². The van der Waals surface area contributed by atoms with E-state index in [9.17, 15) is 4.79 Å². The number of nitrogens with one attached hydrogen (secondary N) is 1. The minimum Gasteiger partial charge on any atom is -0.308 e. The van der Waals surface area contributed by atoms with Crippen LogP contribution in [0.15, 0.2) is 54.6 Å². The van der Waals surface area contributed by atoms with Gasteiger partial charge >= 0.3 is 0 Å². The van der Waals surface area contributed by atoms with Crippen LogP contribution in [0.25, 0.3) is 0 Å². The first-order valence-corrected chi connectivity index (χ1v) is 8.52. The number of anilines is 1. The maximum Gasteiger partial charge on any atom is 0.235 e. The smallest absolute Gasteiger partial charge is 0.235 e. The first kappa shape index (κ1) is 15.6. The number of fused-ring (bicyclic) bond motifs is 1. The third-order valence-electron chi connectivity index (χ3n) is 4.61. The number of para-hydroxylation sites is 1. The quantitative estimate of drug-likeness (QED) is 0.799. The normalized spacial score (nSPS) is 16.0. The Labute approximate surface area is 146 Å². The van der Waals surface area contributed by atoms with Gasteiger partial charge in [0.2, 0.25) is 5.91 Å². The molecule has 0 fully saturated rings. The van der Waals surface area contributed by atoms with E-state index in [-0.39, 0.29) is 18.4 Å². The number of hydrogen-bond acceptors (Lipinski definition) is 3. The van der Waals surface area contributed by atoms with E-state index in [4.69, 9.17) is 0 Å². The molecular weight excluding hydrogens is 312 g/mol. The zero-order chi connectivity index (χ0) is 17.2.